The van der Waals surface area contributed by atoms with Crippen molar-refractivity contribution in [1.82, 2.24) is 0 Å². The van der Waals surface area contributed by atoms with Gasteiger partial charge in [0.05, 0.1) is 30.3 Å². The molecule has 2 N–H and O–H groups in total. The fourth-order valence-corrected chi connectivity index (χ4v) is 14.1. The van der Waals surface area contributed by atoms with E-state index in [2.05, 4.69) is 60.6 Å². The Kier molecular flexibility index (Phi) is 10.1. The number of rotatable bonds is 7. The minimum atomic E-state index is -0.881. The molecule has 0 aromatic carbocycles. The number of carbonyl (C=O) groups is 4. The van der Waals surface area contributed by atoms with Crippen LogP contribution in [-0.4, -0.2) is 46.8 Å². The Morgan fingerprint density at radius 3 is 1.87 bits per heavy atom. The van der Waals surface area contributed by atoms with Crippen LogP contribution in [0.15, 0.2) is 23.3 Å². The lowest BCUT2D eigenvalue weighted by Crippen LogP contribution is -2.63. The van der Waals surface area contributed by atoms with E-state index in [4.69, 9.17) is 9.47 Å². The van der Waals surface area contributed by atoms with Crippen molar-refractivity contribution in [2.24, 2.45) is 68.0 Å². The zero-order valence-corrected chi connectivity index (χ0v) is 34.3. The van der Waals surface area contributed by atoms with E-state index in [1.54, 1.807) is 5.57 Å². The van der Waals surface area contributed by atoms with Crippen LogP contribution in [-0.2, 0) is 28.7 Å². The van der Waals surface area contributed by atoms with Gasteiger partial charge in [-0.05, 0) is 123 Å². The van der Waals surface area contributed by atoms with Gasteiger partial charge in [-0.15, -0.1) is 0 Å². The number of allylic oxidation sites excluding steroid dienone is 4. The van der Waals surface area contributed by atoms with Crippen molar-refractivity contribution in [3.8, 4) is 0 Å². The molecule has 4 unspecified atom stereocenters. The zero-order chi connectivity index (χ0) is 39.1. The molecule has 54 heavy (non-hydrogen) atoms. The molecule has 0 aliphatic heterocycles. The molecule has 7 aliphatic rings. The number of hydrogen-bond donors (Lipinski definition) is 2. The summed E-state index contributed by atoms with van der Waals surface area (Å²) in [5, 5.41) is 19.6. The number of aliphatic carboxylic acids is 2. The van der Waals surface area contributed by atoms with Crippen molar-refractivity contribution >= 4 is 23.9 Å². The minimum absolute atomic E-state index is 0.00125. The molecular formula is C46H68O8. The van der Waals surface area contributed by atoms with Gasteiger partial charge in [-0.25, -0.2) is 0 Å². The van der Waals surface area contributed by atoms with Crippen LogP contribution in [0.1, 0.15) is 158 Å². The van der Waals surface area contributed by atoms with Crippen molar-refractivity contribution in [2.45, 2.75) is 164 Å². The Morgan fingerprint density at radius 1 is 0.685 bits per heavy atom. The van der Waals surface area contributed by atoms with Gasteiger partial charge in [-0.2, -0.15) is 0 Å². The summed E-state index contributed by atoms with van der Waals surface area (Å²) >= 11 is 0. The number of esters is 2. The average molecular weight is 749 g/mol. The Bertz CT molecular complexity index is 1610. The minimum Gasteiger partial charge on any atom is -0.481 e. The monoisotopic (exact) mass is 748 g/mol. The molecule has 0 aromatic rings. The number of fused-ring (bicyclic) bond motifs is 6. The molecule has 300 valence electrons. The first-order chi connectivity index (χ1) is 25.3. The third kappa shape index (κ3) is 6.21. The largest absolute Gasteiger partial charge is 0.481 e. The maximum absolute atomic E-state index is 13.6. The molecule has 7 aliphatic carbocycles. The molecule has 12 atom stereocenters. The molecular weight excluding hydrogens is 680 g/mol. The summed E-state index contributed by atoms with van der Waals surface area (Å²) in [4.78, 5) is 50.9. The summed E-state index contributed by atoms with van der Waals surface area (Å²) in [5.41, 5.74) is 2.83. The predicted molar refractivity (Wildman–Crippen MR) is 206 cm³/mol. The number of carboxylic acid groups (broad SMARTS) is 2. The van der Waals surface area contributed by atoms with E-state index in [0.29, 0.717) is 44.1 Å². The summed E-state index contributed by atoms with van der Waals surface area (Å²) in [6, 6.07) is 0. The van der Waals surface area contributed by atoms with Crippen LogP contribution in [0.25, 0.3) is 0 Å². The van der Waals surface area contributed by atoms with Gasteiger partial charge in [0.15, 0.2) is 0 Å². The van der Waals surface area contributed by atoms with E-state index >= 15 is 0 Å². The van der Waals surface area contributed by atoms with Crippen LogP contribution in [0.3, 0.4) is 0 Å². The lowest BCUT2D eigenvalue weighted by molar-refractivity contribution is -0.203. The fourth-order valence-electron chi connectivity index (χ4n) is 14.1. The molecule has 0 amide bonds. The van der Waals surface area contributed by atoms with Gasteiger partial charge >= 0.3 is 23.9 Å². The highest BCUT2D eigenvalue weighted by Crippen LogP contribution is 2.74. The molecule has 8 heteroatoms. The van der Waals surface area contributed by atoms with E-state index < -0.39 is 35.6 Å². The topological polar surface area (TPSA) is 127 Å². The van der Waals surface area contributed by atoms with E-state index in [1.807, 2.05) is 0 Å². The smallest absolute Gasteiger partial charge is 0.310 e. The van der Waals surface area contributed by atoms with Crippen LogP contribution < -0.4 is 0 Å². The van der Waals surface area contributed by atoms with Crippen molar-refractivity contribution in [3.63, 3.8) is 0 Å². The quantitative estimate of drug-likeness (QED) is 0.247. The molecule has 0 aromatic heterocycles. The van der Waals surface area contributed by atoms with Crippen molar-refractivity contribution in [2.75, 3.05) is 6.61 Å². The first kappa shape index (κ1) is 39.6. The maximum Gasteiger partial charge on any atom is 0.310 e. The number of carboxylic acids is 2. The Hall–Kier alpha value is -2.64. The van der Waals surface area contributed by atoms with Gasteiger partial charge in [-0.3, -0.25) is 19.2 Å². The predicted octanol–water partition coefficient (Wildman–Crippen LogP) is 9.95. The van der Waals surface area contributed by atoms with Gasteiger partial charge in [-0.1, -0.05) is 91.9 Å². The van der Waals surface area contributed by atoms with Gasteiger partial charge in [0, 0.05) is 10.8 Å². The highest BCUT2D eigenvalue weighted by molar-refractivity contribution is 5.82. The second-order valence-corrected chi connectivity index (χ2v) is 21.2. The molecule has 8 nitrogen and oxygen atoms in total. The average Bonchev–Trinajstić information content (AvgIpc) is 3.13. The first-order valence-electron chi connectivity index (χ1n) is 21.5. The normalized spacial score (nSPS) is 45.5. The third-order valence-electron chi connectivity index (χ3n) is 17.8. The third-order valence-corrected chi connectivity index (χ3v) is 17.8. The van der Waals surface area contributed by atoms with Gasteiger partial charge in [0.1, 0.15) is 6.10 Å². The summed E-state index contributed by atoms with van der Waals surface area (Å²) < 4.78 is 12.4. The van der Waals surface area contributed by atoms with Crippen LogP contribution in [0.5, 0.6) is 0 Å². The van der Waals surface area contributed by atoms with Crippen molar-refractivity contribution in [1.29, 1.82) is 0 Å². The number of carbonyl (C=O) groups excluding carboxylic acids is 2. The zero-order valence-electron chi connectivity index (χ0n) is 34.3. The van der Waals surface area contributed by atoms with Gasteiger partial charge < -0.3 is 19.7 Å². The summed E-state index contributed by atoms with van der Waals surface area (Å²) in [6.45, 7) is 17.3. The highest BCUT2D eigenvalue weighted by atomic mass is 16.5. The molecule has 0 spiro atoms. The molecule has 0 heterocycles. The fraction of sp³-hybridized carbons (Fsp3) is 0.826. The summed E-state index contributed by atoms with van der Waals surface area (Å²) in [6.07, 6.45) is 19.8. The summed E-state index contributed by atoms with van der Waals surface area (Å²) in [7, 11) is 0. The Morgan fingerprint density at radius 2 is 1.26 bits per heavy atom. The first-order valence-corrected chi connectivity index (χ1v) is 21.5. The number of hydrogen-bond acceptors (Lipinski definition) is 6. The molecule has 0 bridgehead atoms. The van der Waals surface area contributed by atoms with E-state index in [-0.39, 0.29) is 50.5 Å². The molecule has 0 radical (unpaired) electrons. The Labute approximate surface area is 323 Å². The SMILES string of the molecule is CC1(C)[C@@H](OC(=O)C2CCCCC2C(=O)O)CC[C@]2(C)[C@H]3C=CC4=C5C[C@@](C)(COC(=O)C6CCCCC6C(=O)O)CC[C@]5(C)CC[C@@]4(C)[C@]3(C)CC[C@@H]12. The van der Waals surface area contributed by atoms with Gasteiger partial charge in [0.2, 0.25) is 0 Å². The second kappa shape index (κ2) is 13.8. The van der Waals surface area contributed by atoms with Gasteiger partial charge in [0.25, 0.3) is 0 Å². The van der Waals surface area contributed by atoms with Crippen LogP contribution in [0.4, 0.5) is 0 Å². The van der Waals surface area contributed by atoms with Crippen LogP contribution in [0.2, 0.25) is 0 Å². The van der Waals surface area contributed by atoms with Crippen LogP contribution in [0, 0.1) is 68.0 Å². The number of ether oxygens (including phenoxy) is 2. The van der Waals surface area contributed by atoms with E-state index in [9.17, 15) is 29.4 Å². The second-order valence-electron chi connectivity index (χ2n) is 21.2. The molecule has 0 saturated heterocycles. The van der Waals surface area contributed by atoms with Crippen molar-refractivity contribution in [3.05, 3.63) is 23.3 Å². The van der Waals surface area contributed by atoms with Crippen molar-refractivity contribution < 1.29 is 38.9 Å². The highest BCUT2D eigenvalue weighted by Gasteiger charge is 2.67. The molecule has 5 fully saturated rings. The van der Waals surface area contributed by atoms with E-state index in [0.717, 1.165) is 83.5 Å². The lowest BCUT2D eigenvalue weighted by atomic mass is 9.35. The molecule has 5 saturated carbocycles. The molecule has 7 rings (SSSR count). The Balaban J connectivity index is 1.12. The van der Waals surface area contributed by atoms with E-state index in [1.165, 1.54) is 5.57 Å². The summed E-state index contributed by atoms with van der Waals surface area (Å²) in [5.74, 6) is -4.01. The standard InChI is InChI=1S/C46H68O8/c1-41(2)34-18-21-46(7)35(44(34,5)20-19-36(41)54-40(52)31-15-11-9-13-29(31)38(49)50)17-16-32-33-26-42(3,22-23-43(33,4)24-25-45(32,46)6)27-53-39(51)30-14-10-8-12-28(30)37(47)48/h16-17,28-31,34-36H,8-15,18-27H2,1-7H3,(H,47,48)(H,49,50)/t28?,29?,30?,31?,34-,35+,36-,42-,43+,44-,45+,46+/m0/s1. The lowest BCUT2D eigenvalue weighted by Gasteiger charge is -2.69. The maximum atomic E-state index is 13.6. The van der Waals surface area contributed by atoms with Crippen LogP contribution >= 0.6 is 0 Å².